The van der Waals surface area contributed by atoms with E-state index in [0.717, 1.165) is 18.1 Å². The van der Waals surface area contributed by atoms with E-state index < -0.39 is 0 Å². The molecule has 0 bridgehead atoms. The van der Waals surface area contributed by atoms with E-state index in [-0.39, 0.29) is 5.54 Å². The lowest BCUT2D eigenvalue weighted by Crippen LogP contribution is -2.34. The first-order chi connectivity index (χ1) is 8.12. The molecule has 1 saturated carbocycles. The summed E-state index contributed by atoms with van der Waals surface area (Å²) < 4.78 is 5.17. The largest absolute Gasteiger partial charge is 0.497 e. The van der Waals surface area contributed by atoms with E-state index in [4.69, 9.17) is 10.5 Å². The number of nitrogens with two attached hydrogens (primary N) is 1. The van der Waals surface area contributed by atoms with Gasteiger partial charge in [-0.05, 0) is 37.0 Å². The molecule has 0 heterocycles. The van der Waals surface area contributed by atoms with Gasteiger partial charge in [0.25, 0.3) is 0 Å². The van der Waals surface area contributed by atoms with E-state index in [0.29, 0.717) is 0 Å². The van der Waals surface area contributed by atoms with Crippen molar-refractivity contribution in [3.63, 3.8) is 0 Å². The van der Waals surface area contributed by atoms with Gasteiger partial charge in [-0.25, -0.2) is 0 Å². The lowest BCUT2D eigenvalue weighted by atomic mass is 9.83. The summed E-state index contributed by atoms with van der Waals surface area (Å²) in [4.78, 5) is 0. The van der Waals surface area contributed by atoms with E-state index in [1.165, 1.54) is 31.2 Å². The highest BCUT2D eigenvalue weighted by Crippen LogP contribution is 2.35. The van der Waals surface area contributed by atoms with Crippen LogP contribution < -0.4 is 10.5 Å². The Morgan fingerprint density at radius 2 is 1.82 bits per heavy atom. The van der Waals surface area contributed by atoms with Crippen molar-refractivity contribution in [1.29, 1.82) is 0 Å². The minimum atomic E-state index is -0.207. The van der Waals surface area contributed by atoms with Gasteiger partial charge < -0.3 is 10.5 Å². The molecular formula is C15H23NO. The second-order valence-corrected chi connectivity index (χ2v) is 5.50. The molecule has 94 valence electrons. The highest BCUT2D eigenvalue weighted by molar-refractivity contribution is 5.31. The smallest absolute Gasteiger partial charge is 0.118 e. The molecule has 2 rings (SSSR count). The highest BCUT2D eigenvalue weighted by atomic mass is 16.5. The van der Waals surface area contributed by atoms with Crippen molar-refractivity contribution in [1.82, 2.24) is 0 Å². The van der Waals surface area contributed by atoms with Crippen LogP contribution in [0.4, 0.5) is 0 Å². The molecule has 0 radical (unpaired) electrons. The van der Waals surface area contributed by atoms with Crippen molar-refractivity contribution in [2.45, 2.75) is 44.6 Å². The zero-order valence-electron chi connectivity index (χ0n) is 10.9. The number of benzene rings is 1. The molecule has 2 nitrogen and oxygen atoms in total. The first-order valence-corrected chi connectivity index (χ1v) is 6.55. The predicted molar refractivity (Wildman–Crippen MR) is 71.1 cm³/mol. The van der Waals surface area contributed by atoms with Gasteiger partial charge in [0.1, 0.15) is 5.75 Å². The van der Waals surface area contributed by atoms with Crippen LogP contribution in [0.1, 0.15) is 44.6 Å². The van der Waals surface area contributed by atoms with Crippen LogP contribution >= 0.6 is 0 Å². The summed E-state index contributed by atoms with van der Waals surface area (Å²) in [7, 11) is 1.69. The maximum Gasteiger partial charge on any atom is 0.118 e. The second-order valence-electron chi connectivity index (χ2n) is 5.50. The van der Waals surface area contributed by atoms with Crippen LogP contribution in [0.25, 0.3) is 0 Å². The number of hydrogen-bond donors (Lipinski definition) is 1. The van der Waals surface area contributed by atoms with Gasteiger partial charge in [0.2, 0.25) is 0 Å². The van der Waals surface area contributed by atoms with Crippen molar-refractivity contribution < 1.29 is 4.74 Å². The van der Waals surface area contributed by atoms with Crippen molar-refractivity contribution >= 4 is 0 Å². The zero-order chi connectivity index (χ0) is 12.3. The third-order valence-electron chi connectivity index (χ3n) is 3.94. The molecule has 1 aromatic rings. The summed E-state index contributed by atoms with van der Waals surface area (Å²) >= 11 is 0. The minimum Gasteiger partial charge on any atom is -0.497 e. The summed E-state index contributed by atoms with van der Waals surface area (Å²) in [6.07, 6.45) is 6.55. The molecule has 1 atom stereocenters. The summed E-state index contributed by atoms with van der Waals surface area (Å²) in [6, 6.07) is 8.17. The molecule has 0 aromatic heterocycles. The fourth-order valence-corrected chi connectivity index (χ4v) is 2.90. The number of methoxy groups -OCH3 is 1. The van der Waals surface area contributed by atoms with Crippen LogP contribution in [-0.4, -0.2) is 7.11 Å². The lowest BCUT2D eigenvalue weighted by molar-refractivity contribution is 0.349. The topological polar surface area (TPSA) is 35.2 Å². The summed E-state index contributed by atoms with van der Waals surface area (Å²) in [5.74, 6) is 1.71. The molecule has 0 spiro atoms. The normalized spacial score (nSPS) is 20.2. The molecule has 1 aliphatic carbocycles. The average molecular weight is 233 g/mol. The van der Waals surface area contributed by atoms with Crippen LogP contribution in [0.15, 0.2) is 24.3 Å². The van der Waals surface area contributed by atoms with Crippen LogP contribution in [0.3, 0.4) is 0 Å². The molecule has 17 heavy (non-hydrogen) atoms. The average Bonchev–Trinajstić information content (AvgIpc) is 2.81. The Hall–Kier alpha value is -1.02. The minimum absolute atomic E-state index is 0.207. The third-order valence-corrected chi connectivity index (χ3v) is 3.94. The van der Waals surface area contributed by atoms with E-state index in [1.54, 1.807) is 7.11 Å². The summed E-state index contributed by atoms with van der Waals surface area (Å²) in [6.45, 7) is 2.15. The zero-order valence-corrected chi connectivity index (χ0v) is 10.9. The van der Waals surface area contributed by atoms with Gasteiger partial charge in [0.15, 0.2) is 0 Å². The van der Waals surface area contributed by atoms with Gasteiger partial charge in [-0.2, -0.15) is 0 Å². The van der Waals surface area contributed by atoms with E-state index >= 15 is 0 Å². The molecule has 1 aliphatic rings. The van der Waals surface area contributed by atoms with Gasteiger partial charge in [0.05, 0.1) is 7.11 Å². The summed E-state index contributed by atoms with van der Waals surface area (Å²) in [5, 5.41) is 0. The molecule has 0 saturated heterocycles. The molecule has 1 fully saturated rings. The van der Waals surface area contributed by atoms with Gasteiger partial charge in [-0.15, -0.1) is 0 Å². The van der Waals surface area contributed by atoms with Crippen molar-refractivity contribution in [2.75, 3.05) is 7.11 Å². The Morgan fingerprint density at radius 3 is 2.35 bits per heavy atom. The number of hydrogen-bond acceptors (Lipinski definition) is 2. The van der Waals surface area contributed by atoms with Gasteiger partial charge in [-0.3, -0.25) is 0 Å². The third kappa shape index (κ3) is 3.01. The van der Waals surface area contributed by atoms with Gasteiger partial charge in [-0.1, -0.05) is 37.8 Å². The van der Waals surface area contributed by atoms with E-state index in [1.807, 2.05) is 12.1 Å². The van der Waals surface area contributed by atoms with Crippen LogP contribution in [0.2, 0.25) is 0 Å². The Kier molecular flexibility index (Phi) is 3.72. The highest BCUT2D eigenvalue weighted by Gasteiger charge is 2.27. The SMILES string of the molecule is COc1ccc(C(C)(N)CC2CCCC2)cc1. The molecule has 1 unspecified atom stereocenters. The molecule has 0 aliphatic heterocycles. The number of rotatable bonds is 4. The van der Waals surface area contributed by atoms with Crippen LogP contribution in [0, 0.1) is 5.92 Å². The standard InChI is InChI=1S/C15H23NO/c1-15(16,11-12-5-3-4-6-12)13-7-9-14(17-2)10-8-13/h7-10,12H,3-6,11,16H2,1-2H3. The van der Waals surface area contributed by atoms with Gasteiger partial charge >= 0.3 is 0 Å². The Balaban J connectivity index is 2.06. The summed E-state index contributed by atoms with van der Waals surface area (Å²) in [5.41, 5.74) is 7.47. The molecule has 2 N–H and O–H groups in total. The van der Waals surface area contributed by atoms with Gasteiger partial charge in [0, 0.05) is 5.54 Å². The Bertz CT molecular complexity index is 350. The molecule has 2 heteroatoms. The molecular weight excluding hydrogens is 210 g/mol. The van der Waals surface area contributed by atoms with Crippen molar-refractivity contribution in [3.8, 4) is 5.75 Å². The second kappa shape index (κ2) is 5.09. The van der Waals surface area contributed by atoms with E-state index in [9.17, 15) is 0 Å². The Labute approximate surface area is 104 Å². The first-order valence-electron chi connectivity index (χ1n) is 6.55. The molecule has 0 amide bonds. The molecule has 1 aromatic carbocycles. The quantitative estimate of drug-likeness (QED) is 0.864. The van der Waals surface area contributed by atoms with Crippen LogP contribution in [-0.2, 0) is 5.54 Å². The maximum absolute atomic E-state index is 6.47. The predicted octanol–water partition coefficient (Wildman–Crippen LogP) is 3.45. The Morgan fingerprint density at radius 1 is 1.24 bits per heavy atom. The monoisotopic (exact) mass is 233 g/mol. The van der Waals surface area contributed by atoms with Crippen molar-refractivity contribution in [3.05, 3.63) is 29.8 Å². The lowest BCUT2D eigenvalue weighted by Gasteiger charge is -2.28. The fourth-order valence-electron chi connectivity index (χ4n) is 2.90. The van der Waals surface area contributed by atoms with Crippen molar-refractivity contribution in [2.24, 2.45) is 11.7 Å². The number of ether oxygens (including phenoxy) is 1. The van der Waals surface area contributed by atoms with Crippen LogP contribution in [0.5, 0.6) is 5.75 Å². The maximum atomic E-state index is 6.47. The fraction of sp³-hybridized carbons (Fsp3) is 0.600. The first kappa shape index (κ1) is 12.4. The van der Waals surface area contributed by atoms with E-state index in [2.05, 4.69) is 19.1 Å².